The molecule has 1 fully saturated rings. The second-order valence-electron chi connectivity index (χ2n) is 7.79. The van der Waals surface area contributed by atoms with Gasteiger partial charge in [-0.25, -0.2) is 0 Å². The third-order valence-corrected chi connectivity index (χ3v) is 6.58. The summed E-state index contributed by atoms with van der Waals surface area (Å²) in [5.74, 6) is 0.0494. The van der Waals surface area contributed by atoms with Gasteiger partial charge in [0.1, 0.15) is 10.1 Å². The summed E-state index contributed by atoms with van der Waals surface area (Å²) in [4.78, 5) is 38.9. The molecule has 9 heteroatoms. The van der Waals surface area contributed by atoms with E-state index in [9.17, 15) is 14.4 Å². The van der Waals surface area contributed by atoms with E-state index in [-0.39, 0.29) is 24.1 Å². The molecule has 178 valence electrons. The molecule has 0 spiro atoms. The molecule has 2 aromatic rings. The molecule has 1 aliphatic heterocycles. The van der Waals surface area contributed by atoms with E-state index in [0.29, 0.717) is 27.8 Å². The number of hydrogen-bond donors (Lipinski definition) is 2. The molecule has 7 nitrogen and oxygen atoms in total. The van der Waals surface area contributed by atoms with Gasteiger partial charge in [-0.15, -0.1) is 0 Å². The largest absolute Gasteiger partial charge is 0.497 e. The van der Waals surface area contributed by atoms with E-state index in [0.717, 1.165) is 29.7 Å². The number of carbonyl (C=O) groups excluding carboxylic acids is 3. The van der Waals surface area contributed by atoms with Gasteiger partial charge in [-0.1, -0.05) is 60.2 Å². The average molecular weight is 498 g/mol. The van der Waals surface area contributed by atoms with Crippen LogP contribution in [0.25, 0.3) is 6.08 Å². The average Bonchev–Trinajstić information content (AvgIpc) is 3.10. The van der Waals surface area contributed by atoms with Crippen molar-refractivity contribution in [2.45, 2.75) is 32.6 Å². The Hall–Kier alpha value is -3.17. The highest BCUT2D eigenvalue weighted by molar-refractivity contribution is 8.26. The zero-order chi connectivity index (χ0) is 24.5. The van der Waals surface area contributed by atoms with E-state index in [1.165, 1.54) is 11.8 Å². The zero-order valence-electron chi connectivity index (χ0n) is 19.1. The lowest BCUT2D eigenvalue weighted by Crippen LogP contribution is -2.41. The molecule has 2 aromatic carbocycles. The third kappa shape index (κ3) is 7.16. The molecule has 0 bridgehead atoms. The predicted octanol–water partition coefficient (Wildman–Crippen LogP) is 4.23. The topological polar surface area (TPSA) is 87.7 Å². The maximum atomic E-state index is 12.7. The Balaban J connectivity index is 1.36. The number of hydrogen-bond acceptors (Lipinski definition) is 6. The highest BCUT2D eigenvalue weighted by Crippen LogP contribution is 2.33. The number of amides is 3. The first-order chi connectivity index (χ1) is 16.4. The van der Waals surface area contributed by atoms with Gasteiger partial charge in [-0.05, 0) is 55.7 Å². The quantitative estimate of drug-likeness (QED) is 0.233. The van der Waals surface area contributed by atoms with E-state index < -0.39 is 0 Å². The Bertz CT molecular complexity index is 1080. The first-order valence-corrected chi connectivity index (χ1v) is 12.1. The first kappa shape index (κ1) is 25.5. The molecule has 3 amide bonds. The minimum atomic E-state index is -0.356. The van der Waals surface area contributed by atoms with Gasteiger partial charge in [0.15, 0.2) is 0 Å². The zero-order valence-corrected chi connectivity index (χ0v) is 20.8. The lowest BCUT2D eigenvalue weighted by Gasteiger charge is -2.14. The van der Waals surface area contributed by atoms with Gasteiger partial charge in [0.05, 0.1) is 12.0 Å². The molecular weight excluding hydrogens is 470 g/mol. The number of nitrogens with one attached hydrogen (secondary N) is 2. The highest BCUT2D eigenvalue weighted by Gasteiger charge is 2.31. The second-order valence-corrected chi connectivity index (χ2v) is 9.46. The fourth-order valence-electron chi connectivity index (χ4n) is 3.24. The molecule has 3 rings (SSSR count). The van der Waals surface area contributed by atoms with Crippen LogP contribution in [0, 0.1) is 6.92 Å². The number of methoxy groups -OCH3 is 1. The van der Waals surface area contributed by atoms with Gasteiger partial charge in [0.25, 0.3) is 11.8 Å². The maximum Gasteiger partial charge on any atom is 0.269 e. The normalized spacial score (nSPS) is 14.4. The van der Waals surface area contributed by atoms with Crippen LogP contribution < -0.4 is 15.6 Å². The highest BCUT2D eigenvalue weighted by atomic mass is 32.2. The van der Waals surface area contributed by atoms with Crippen molar-refractivity contribution in [2.24, 2.45) is 0 Å². The molecule has 0 aliphatic carbocycles. The number of ether oxygens (including phenoxy) is 1. The summed E-state index contributed by atoms with van der Waals surface area (Å²) in [5, 5.41) is 0. The Morgan fingerprint density at radius 1 is 1.03 bits per heavy atom. The van der Waals surface area contributed by atoms with Gasteiger partial charge in [0, 0.05) is 18.5 Å². The summed E-state index contributed by atoms with van der Waals surface area (Å²) < 4.78 is 5.70. The number of rotatable bonds is 9. The summed E-state index contributed by atoms with van der Waals surface area (Å²) >= 11 is 6.68. The van der Waals surface area contributed by atoms with Gasteiger partial charge in [-0.2, -0.15) is 0 Å². The summed E-state index contributed by atoms with van der Waals surface area (Å²) in [6, 6.07) is 14.5. The van der Waals surface area contributed by atoms with Crippen molar-refractivity contribution in [1.29, 1.82) is 0 Å². The number of thioether (sulfide) groups is 1. The fraction of sp³-hybridized carbons (Fsp3) is 0.280. The summed E-state index contributed by atoms with van der Waals surface area (Å²) in [6.07, 6.45) is 4.24. The van der Waals surface area contributed by atoms with Crippen LogP contribution in [0.2, 0.25) is 0 Å². The number of carbonyl (C=O) groups is 3. The minimum Gasteiger partial charge on any atom is -0.497 e. The van der Waals surface area contributed by atoms with Gasteiger partial charge < -0.3 is 4.74 Å². The SMILES string of the molecule is COc1ccc(/C=C2\SC(=S)N(CCCCCC(=O)NNC(=O)c3ccc(C)cc3)C2=O)cc1. The smallest absolute Gasteiger partial charge is 0.269 e. The second kappa shape index (κ2) is 12.3. The van der Waals surface area contributed by atoms with E-state index in [1.807, 2.05) is 49.4 Å². The van der Waals surface area contributed by atoms with Crippen LogP contribution in [0.3, 0.4) is 0 Å². The van der Waals surface area contributed by atoms with Crippen molar-refractivity contribution < 1.29 is 19.1 Å². The maximum absolute atomic E-state index is 12.7. The minimum absolute atomic E-state index is 0.0950. The lowest BCUT2D eigenvalue weighted by molar-refractivity contribution is -0.123. The van der Waals surface area contributed by atoms with Crippen LogP contribution in [-0.4, -0.2) is 40.6 Å². The molecule has 2 N–H and O–H groups in total. The van der Waals surface area contributed by atoms with Crippen LogP contribution in [-0.2, 0) is 9.59 Å². The molecule has 34 heavy (non-hydrogen) atoms. The first-order valence-electron chi connectivity index (χ1n) is 10.9. The lowest BCUT2D eigenvalue weighted by atomic mass is 10.1. The van der Waals surface area contributed by atoms with Crippen molar-refractivity contribution in [1.82, 2.24) is 15.8 Å². The van der Waals surface area contributed by atoms with E-state index in [1.54, 1.807) is 24.1 Å². The van der Waals surface area contributed by atoms with Crippen LogP contribution in [0.4, 0.5) is 0 Å². The van der Waals surface area contributed by atoms with Crippen molar-refractivity contribution in [3.05, 3.63) is 70.1 Å². The van der Waals surface area contributed by atoms with E-state index in [2.05, 4.69) is 10.9 Å². The fourth-order valence-corrected chi connectivity index (χ4v) is 4.55. The van der Waals surface area contributed by atoms with Crippen LogP contribution in [0.1, 0.15) is 47.2 Å². The molecule has 1 heterocycles. The molecule has 0 radical (unpaired) electrons. The molecule has 0 aromatic heterocycles. The molecule has 0 saturated carbocycles. The Morgan fingerprint density at radius 3 is 2.41 bits per heavy atom. The number of aryl methyl sites for hydroxylation is 1. The number of thiocarbonyl (C=S) groups is 1. The van der Waals surface area contributed by atoms with Crippen LogP contribution in [0.15, 0.2) is 53.4 Å². The number of unbranched alkanes of at least 4 members (excludes halogenated alkanes) is 2. The Labute approximate surface area is 208 Å². The van der Waals surface area contributed by atoms with Gasteiger partial charge >= 0.3 is 0 Å². The van der Waals surface area contributed by atoms with Crippen LogP contribution in [0.5, 0.6) is 5.75 Å². The summed E-state index contributed by atoms with van der Waals surface area (Å²) in [6.45, 7) is 2.45. The molecule has 0 unspecified atom stereocenters. The van der Waals surface area contributed by atoms with Crippen molar-refractivity contribution in [3.8, 4) is 5.75 Å². The van der Waals surface area contributed by atoms with Crippen molar-refractivity contribution >= 4 is 52.1 Å². The number of benzene rings is 2. The standard InChI is InChI=1S/C25H27N3O4S2/c1-17-7-11-19(12-8-17)23(30)27-26-22(29)6-4-3-5-15-28-24(31)21(34-25(28)33)16-18-9-13-20(32-2)14-10-18/h7-14,16H,3-6,15H2,1-2H3,(H,26,29)(H,27,30)/b21-16-. The van der Waals surface area contributed by atoms with Crippen molar-refractivity contribution in [2.75, 3.05) is 13.7 Å². The molecule has 0 atom stereocenters. The summed E-state index contributed by atoms with van der Waals surface area (Å²) in [5.41, 5.74) is 7.30. The Morgan fingerprint density at radius 2 is 1.74 bits per heavy atom. The Kier molecular flexibility index (Phi) is 9.24. The summed E-state index contributed by atoms with van der Waals surface area (Å²) in [7, 11) is 1.61. The molecule has 1 aliphatic rings. The van der Waals surface area contributed by atoms with Crippen LogP contribution >= 0.6 is 24.0 Å². The van der Waals surface area contributed by atoms with Crippen molar-refractivity contribution in [3.63, 3.8) is 0 Å². The van der Waals surface area contributed by atoms with Gasteiger partial charge in [0.2, 0.25) is 5.91 Å². The molecule has 1 saturated heterocycles. The molecular formula is C25H27N3O4S2. The number of nitrogens with zero attached hydrogens (tertiary/aromatic N) is 1. The monoisotopic (exact) mass is 497 g/mol. The number of hydrazine groups is 1. The third-order valence-electron chi connectivity index (χ3n) is 5.20. The van der Waals surface area contributed by atoms with E-state index in [4.69, 9.17) is 17.0 Å². The predicted molar refractivity (Wildman–Crippen MR) is 138 cm³/mol. The van der Waals surface area contributed by atoms with E-state index >= 15 is 0 Å². The van der Waals surface area contributed by atoms with Gasteiger partial charge in [-0.3, -0.25) is 30.1 Å².